The zero-order valence-corrected chi connectivity index (χ0v) is 32.3. The van der Waals surface area contributed by atoms with E-state index in [0.29, 0.717) is 13.0 Å². The lowest BCUT2D eigenvalue weighted by Crippen LogP contribution is -2.60. The van der Waals surface area contributed by atoms with Crippen LogP contribution in [0.5, 0.6) is 0 Å². The Balaban J connectivity index is 2.16. The normalized spacial score (nSPS) is 51.0. The molecule has 0 saturated carbocycles. The highest BCUT2D eigenvalue weighted by molar-refractivity contribution is 5.73. The first-order valence-corrected chi connectivity index (χ1v) is 18.3. The molecule has 294 valence electrons. The van der Waals surface area contributed by atoms with Crippen molar-refractivity contribution in [2.45, 2.75) is 185 Å². The summed E-state index contributed by atoms with van der Waals surface area (Å²) < 4.78 is 37.0. The molecule has 3 fully saturated rings. The summed E-state index contributed by atoms with van der Waals surface area (Å²) in [4.78, 5) is 16.0. The van der Waals surface area contributed by atoms with E-state index in [1.54, 1.807) is 48.5 Å². The van der Waals surface area contributed by atoms with Crippen LogP contribution in [0.15, 0.2) is 0 Å². The monoisotopic (exact) mass is 720 g/mol. The Hall–Kier alpha value is -1.01. The summed E-state index contributed by atoms with van der Waals surface area (Å²) in [5.74, 6) is -2.64. The molecule has 50 heavy (non-hydrogen) atoms. The second-order valence-corrected chi connectivity index (χ2v) is 16.3. The van der Waals surface area contributed by atoms with Gasteiger partial charge < -0.3 is 64.6 Å². The van der Waals surface area contributed by atoms with E-state index in [0.717, 1.165) is 0 Å². The standard InChI is InChI=1S/C36H68N2O12/c1-13-25-36(10,44)29(40)22(6)38(11)17-18(2)15-34(8,43)31(50-33-27(39)24(37)14-19(3)46-33)20(4)28(21(5)32(42)48-25)49-26-16-35(9,45-12)30(41)23(7)47-26/h18-31,33,39-41,43-44H,13-17,37H2,1-12H3/t18-,19?,20+,21-,22-,23?,24-,25-,26+,27?,28+,29-,30+,31-,33+,34-,35+,36-/m1/s1. The highest BCUT2D eigenvalue weighted by Gasteiger charge is 2.52. The van der Waals surface area contributed by atoms with Crippen LogP contribution in [0.25, 0.3) is 0 Å². The summed E-state index contributed by atoms with van der Waals surface area (Å²) in [6.07, 6.45) is -8.74. The van der Waals surface area contributed by atoms with Crippen LogP contribution in [0.4, 0.5) is 0 Å². The first-order chi connectivity index (χ1) is 23.0. The van der Waals surface area contributed by atoms with E-state index >= 15 is 0 Å². The SMILES string of the molecule is CC[C@H]1OC(=O)[C@H](C)[C@@H](O[C@H]2C[C@](C)(OC)[C@@H](O)C(C)O2)[C@H](C)[C@@H](O[C@@H]2OC(C)C[C@@H](N)C2O)[C@](C)(O)C[C@@H](C)CN(C)[C@H](C)[C@@H](O)[C@]1(C)O. The topological polar surface area (TPSA) is 203 Å². The molecule has 3 aliphatic rings. The number of likely N-dealkylation sites (N-methyl/N-ethyl adjacent to an activating group) is 1. The molecule has 3 heterocycles. The third-order valence-corrected chi connectivity index (χ3v) is 11.6. The van der Waals surface area contributed by atoms with Gasteiger partial charge in [-0.1, -0.05) is 20.8 Å². The summed E-state index contributed by atoms with van der Waals surface area (Å²) in [6, 6.07) is -1.17. The van der Waals surface area contributed by atoms with E-state index in [-0.39, 0.29) is 31.3 Å². The van der Waals surface area contributed by atoms with Crippen molar-refractivity contribution < 1.29 is 58.7 Å². The first kappa shape index (κ1) is 43.4. The second-order valence-electron chi connectivity index (χ2n) is 16.3. The van der Waals surface area contributed by atoms with Crippen molar-refractivity contribution in [1.29, 1.82) is 0 Å². The minimum atomic E-state index is -1.80. The summed E-state index contributed by atoms with van der Waals surface area (Å²) in [5, 5.41) is 57.4. The third-order valence-electron chi connectivity index (χ3n) is 11.6. The van der Waals surface area contributed by atoms with E-state index in [4.69, 9.17) is 34.2 Å². The van der Waals surface area contributed by atoms with Crippen LogP contribution in [-0.2, 0) is 33.2 Å². The molecule has 3 aliphatic heterocycles. The van der Waals surface area contributed by atoms with E-state index in [2.05, 4.69) is 0 Å². The number of cyclic esters (lactones) is 1. The highest BCUT2D eigenvalue weighted by atomic mass is 16.7. The molecule has 3 rings (SSSR count). The Bertz CT molecular complexity index is 1100. The Morgan fingerprint density at radius 3 is 2.16 bits per heavy atom. The quantitative estimate of drug-likeness (QED) is 0.214. The van der Waals surface area contributed by atoms with Crippen molar-refractivity contribution >= 4 is 5.97 Å². The Kier molecular flexibility index (Phi) is 14.7. The maximum absolute atomic E-state index is 14.1. The predicted octanol–water partition coefficient (Wildman–Crippen LogP) is 1.30. The van der Waals surface area contributed by atoms with Gasteiger partial charge in [0.05, 0.1) is 41.5 Å². The van der Waals surface area contributed by atoms with Gasteiger partial charge in [0.2, 0.25) is 0 Å². The number of ether oxygens (including phenoxy) is 6. The maximum atomic E-state index is 14.1. The van der Waals surface area contributed by atoms with E-state index < -0.39 is 102 Å². The van der Waals surface area contributed by atoms with Gasteiger partial charge in [-0.3, -0.25) is 4.79 Å². The number of nitrogens with two attached hydrogens (primary N) is 1. The van der Waals surface area contributed by atoms with Crippen LogP contribution in [0.3, 0.4) is 0 Å². The summed E-state index contributed by atoms with van der Waals surface area (Å²) in [7, 11) is 3.32. The Morgan fingerprint density at radius 1 is 0.960 bits per heavy atom. The molecule has 14 nitrogen and oxygen atoms in total. The lowest BCUT2D eigenvalue weighted by atomic mass is 9.77. The molecule has 3 saturated heterocycles. The van der Waals surface area contributed by atoms with E-state index in [9.17, 15) is 30.3 Å². The fraction of sp³-hybridized carbons (Fsp3) is 0.972. The molecule has 0 aromatic carbocycles. The van der Waals surface area contributed by atoms with Crippen molar-refractivity contribution in [3.05, 3.63) is 0 Å². The van der Waals surface area contributed by atoms with E-state index in [1.807, 2.05) is 25.8 Å². The zero-order valence-electron chi connectivity index (χ0n) is 32.3. The molecule has 3 unspecified atom stereocenters. The van der Waals surface area contributed by atoms with Crippen molar-refractivity contribution in [2.75, 3.05) is 20.7 Å². The first-order valence-electron chi connectivity index (χ1n) is 18.3. The Labute approximate surface area is 298 Å². The van der Waals surface area contributed by atoms with Gasteiger partial charge in [-0.2, -0.15) is 0 Å². The minimum absolute atomic E-state index is 0.123. The number of methoxy groups -OCH3 is 1. The molecule has 14 heteroatoms. The number of aliphatic hydroxyl groups excluding tert-OH is 3. The fourth-order valence-electron chi connectivity index (χ4n) is 8.28. The van der Waals surface area contributed by atoms with Crippen LogP contribution in [0.2, 0.25) is 0 Å². The van der Waals surface area contributed by atoms with Gasteiger partial charge in [0, 0.05) is 38.1 Å². The van der Waals surface area contributed by atoms with Crippen LogP contribution in [0, 0.1) is 17.8 Å². The van der Waals surface area contributed by atoms with Gasteiger partial charge in [-0.05, 0) is 80.7 Å². The Morgan fingerprint density at radius 2 is 1.58 bits per heavy atom. The number of hydrogen-bond donors (Lipinski definition) is 6. The number of carbonyl (C=O) groups is 1. The summed E-state index contributed by atoms with van der Waals surface area (Å²) in [6.45, 7) is 17.8. The van der Waals surface area contributed by atoms with Crippen LogP contribution >= 0.6 is 0 Å². The number of carbonyl (C=O) groups excluding carboxylic acids is 1. The van der Waals surface area contributed by atoms with Crippen molar-refractivity contribution in [1.82, 2.24) is 4.90 Å². The molecular weight excluding hydrogens is 652 g/mol. The average Bonchev–Trinajstić information content (AvgIpc) is 3.03. The predicted molar refractivity (Wildman–Crippen MR) is 185 cm³/mol. The van der Waals surface area contributed by atoms with Gasteiger partial charge in [-0.15, -0.1) is 0 Å². The van der Waals surface area contributed by atoms with Gasteiger partial charge in [0.1, 0.15) is 30.0 Å². The van der Waals surface area contributed by atoms with Gasteiger partial charge in [-0.25, -0.2) is 0 Å². The maximum Gasteiger partial charge on any atom is 0.311 e. The molecule has 0 amide bonds. The van der Waals surface area contributed by atoms with Gasteiger partial charge in [0.15, 0.2) is 12.6 Å². The molecule has 7 N–H and O–H groups in total. The minimum Gasteiger partial charge on any atom is -0.459 e. The number of esters is 1. The average molecular weight is 721 g/mol. The van der Waals surface area contributed by atoms with E-state index in [1.165, 1.54) is 14.0 Å². The molecule has 18 atom stereocenters. The summed E-state index contributed by atoms with van der Waals surface area (Å²) in [5.41, 5.74) is 1.86. The number of aliphatic hydroxyl groups is 5. The highest BCUT2D eigenvalue weighted by Crippen LogP contribution is 2.40. The lowest BCUT2D eigenvalue weighted by molar-refractivity contribution is -0.315. The fourth-order valence-corrected chi connectivity index (χ4v) is 8.28. The number of rotatable bonds is 6. The molecule has 0 bridgehead atoms. The molecular formula is C36H68N2O12. The molecule has 0 radical (unpaired) electrons. The molecule has 0 aromatic rings. The van der Waals surface area contributed by atoms with Crippen LogP contribution < -0.4 is 5.73 Å². The molecule has 0 aromatic heterocycles. The van der Waals surface area contributed by atoms with Gasteiger partial charge >= 0.3 is 5.97 Å². The zero-order chi connectivity index (χ0) is 38.1. The largest absolute Gasteiger partial charge is 0.459 e. The van der Waals surface area contributed by atoms with Crippen LogP contribution in [0.1, 0.15) is 94.9 Å². The number of nitrogens with zero attached hydrogens (tertiary/aromatic N) is 1. The second kappa shape index (κ2) is 17.0. The van der Waals surface area contributed by atoms with Crippen LogP contribution in [-0.4, -0.2) is 147 Å². The van der Waals surface area contributed by atoms with Crippen molar-refractivity contribution in [3.63, 3.8) is 0 Å². The third kappa shape index (κ3) is 9.55. The molecule has 0 spiro atoms. The van der Waals surface area contributed by atoms with Crippen molar-refractivity contribution in [2.24, 2.45) is 23.5 Å². The number of hydrogen-bond acceptors (Lipinski definition) is 14. The summed E-state index contributed by atoms with van der Waals surface area (Å²) >= 11 is 0. The lowest BCUT2D eigenvalue weighted by Gasteiger charge is -2.48. The van der Waals surface area contributed by atoms with Crippen molar-refractivity contribution in [3.8, 4) is 0 Å². The molecule has 0 aliphatic carbocycles. The van der Waals surface area contributed by atoms with Gasteiger partial charge in [0.25, 0.3) is 0 Å². The smallest absolute Gasteiger partial charge is 0.311 e.